The van der Waals surface area contributed by atoms with E-state index in [9.17, 15) is 14.7 Å². The summed E-state index contributed by atoms with van der Waals surface area (Å²) in [5.41, 5.74) is 0.808. The Labute approximate surface area is 219 Å². The van der Waals surface area contributed by atoms with Crippen molar-refractivity contribution >= 4 is 12.1 Å². The van der Waals surface area contributed by atoms with Crippen LogP contribution in [0.3, 0.4) is 0 Å². The summed E-state index contributed by atoms with van der Waals surface area (Å²) in [5, 5.41) is 30.0. The molecule has 12 heteroatoms. The van der Waals surface area contributed by atoms with Crippen molar-refractivity contribution < 1.29 is 76.9 Å². The molecule has 2 aliphatic rings. The molecule has 1 heterocycles. The third-order valence-electron chi connectivity index (χ3n) is 4.51. The van der Waals surface area contributed by atoms with Crippen LogP contribution < -0.4 is 0 Å². The first-order valence-corrected chi connectivity index (χ1v) is 10.1. The zero-order valence-electron chi connectivity index (χ0n) is 19.4. The Hall–Kier alpha value is -1.34. The number of carbonyl (C=O) groups excluding carboxylic acids is 1. The molecule has 1 unspecified atom stereocenters. The minimum Gasteiger partial charge on any atom is -0.664 e. The summed E-state index contributed by atoms with van der Waals surface area (Å²) >= 11 is 0. The Balaban J connectivity index is 0.00000242. The summed E-state index contributed by atoms with van der Waals surface area (Å²) in [4.78, 5) is 27.8. The van der Waals surface area contributed by atoms with Crippen molar-refractivity contribution in [1.29, 1.82) is 0 Å². The predicted molar refractivity (Wildman–Crippen MR) is 115 cm³/mol. The zero-order chi connectivity index (χ0) is 24.1. The van der Waals surface area contributed by atoms with Gasteiger partial charge in [0.15, 0.2) is 6.10 Å². The van der Waals surface area contributed by atoms with Crippen molar-refractivity contribution in [3.63, 3.8) is 0 Å². The molecule has 1 aliphatic heterocycles. The number of carboxylic acids is 1. The normalized spacial score (nSPS) is 24.1. The van der Waals surface area contributed by atoms with Crippen LogP contribution in [0.15, 0.2) is 35.6 Å². The van der Waals surface area contributed by atoms with Gasteiger partial charge in [-0.05, 0) is 23.6 Å². The molecule has 0 bridgehead atoms. The number of nitrogens with zero attached hydrogens (tertiary/aromatic N) is 2. The molecule has 185 valence electrons. The van der Waals surface area contributed by atoms with E-state index in [1.54, 1.807) is 26.2 Å². The SMILES string of the molecule is COO.C[N-]CCN(C)C(=O)OCC1=CC(C)C=C(O[C@H]2C[C@@H](O)C[C@@H](C(=O)O)O2)C=C1.[Y]. The second-order valence-electron chi connectivity index (χ2n) is 7.34. The van der Waals surface area contributed by atoms with Gasteiger partial charge in [0.25, 0.3) is 0 Å². The summed E-state index contributed by atoms with van der Waals surface area (Å²) < 4.78 is 16.5. The molecule has 0 aromatic heterocycles. The Morgan fingerprint density at radius 3 is 2.55 bits per heavy atom. The molecule has 0 aromatic carbocycles. The number of amides is 1. The third-order valence-corrected chi connectivity index (χ3v) is 4.51. The van der Waals surface area contributed by atoms with Gasteiger partial charge in [-0.15, -0.1) is 6.54 Å². The number of hydrogen-bond donors (Lipinski definition) is 3. The van der Waals surface area contributed by atoms with Crippen molar-refractivity contribution in [1.82, 2.24) is 4.90 Å². The van der Waals surface area contributed by atoms with E-state index in [0.29, 0.717) is 18.8 Å². The fourth-order valence-electron chi connectivity index (χ4n) is 2.96. The van der Waals surface area contributed by atoms with Gasteiger partial charge in [0.2, 0.25) is 6.29 Å². The summed E-state index contributed by atoms with van der Waals surface area (Å²) in [6.45, 7) is 3.11. The van der Waals surface area contributed by atoms with Crippen LogP contribution in [0.4, 0.5) is 4.79 Å². The smallest absolute Gasteiger partial charge is 0.409 e. The molecule has 3 N–H and O–H groups in total. The molecule has 2 rings (SSSR count). The van der Waals surface area contributed by atoms with Gasteiger partial charge in [-0.25, -0.2) is 14.5 Å². The zero-order valence-corrected chi connectivity index (χ0v) is 22.3. The first-order chi connectivity index (χ1) is 15.2. The van der Waals surface area contributed by atoms with Crippen molar-refractivity contribution in [2.24, 2.45) is 5.92 Å². The van der Waals surface area contributed by atoms with Gasteiger partial charge < -0.3 is 34.6 Å². The molecule has 11 nitrogen and oxygen atoms in total. The number of carbonyl (C=O) groups is 2. The molecule has 1 saturated heterocycles. The van der Waals surface area contributed by atoms with E-state index < -0.39 is 30.6 Å². The number of hydrogen-bond acceptors (Lipinski definition) is 8. The minimum atomic E-state index is -1.13. The van der Waals surface area contributed by atoms with E-state index in [1.807, 2.05) is 19.1 Å². The summed E-state index contributed by atoms with van der Waals surface area (Å²) in [7, 11) is 4.53. The standard InChI is InChI=1S/C20H29N2O7.CH4O2.Y/c1-13-8-14(12-27-20(26)22(3)7-6-21-2)4-5-16(9-13)28-18-11-15(23)10-17(29-18)19(24)25;1-3-2;/h4-5,8-9,13,15,17-18,23H,6-7,10-12H2,1-3H3,(H,24,25);2H,1H3;/q-1;;/t13?,15-,17-,18+;;/m0../s1. The average molecular weight is 546 g/mol. The molecule has 1 fully saturated rings. The third kappa shape index (κ3) is 12.6. The molecule has 0 spiro atoms. The fourth-order valence-corrected chi connectivity index (χ4v) is 2.96. The maximum atomic E-state index is 12.0. The van der Waals surface area contributed by atoms with Gasteiger partial charge in [0.1, 0.15) is 12.4 Å². The van der Waals surface area contributed by atoms with Crippen LogP contribution in [0.1, 0.15) is 19.8 Å². The summed E-state index contributed by atoms with van der Waals surface area (Å²) in [5.74, 6) is -0.631. The molecular weight excluding hydrogens is 513 g/mol. The van der Waals surface area contributed by atoms with Crippen molar-refractivity contribution in [2.75, 3.05) is 40.9 Å². The first kappa shape index (κ1) is 31.7. The average Bonchev–Trinajstić information content (AvgIpc) is 2.90. The topological polar surface area (TPSA) is 149 Å². The molecule has 0 aromatic rings. The molecule has 0 saturated carbocycles. The Kier molecular flexibility index (Phi) is 16.5. The van der Waals surface area contributed by atoms with Gasteiger partial charge in [-0.2, -0.15) is 7.05 Å². The number of carboxylic acid groups (broad SMARTS) is 1. The number of aliphatic hydroxyl groups is 1. The number of ether oxygens (including phenoxy) is 3. The van der Waals surface area contributed by atoms with E-state index in [0.717, 1.165) is 5.57 Å². The maximum Gasteiger partial charge on any atom is 0.409 e. The Morgan fingerprint density at radius 2 is 1.94 bits per heavy atom. The van der Waals surface area contributed by atoms with Crippen molar-refractivity contribution in [2.45, 2.75) is 38.3 Å². The van der Waals surface area contributed by atoms with Gasteiger partial charge in [0, 0.05) is 59.1 Å². The van der Waals surface area contributed by atoms with Crippen LogP contribution in [0.2, 0.25) is 0 Å². The largest absolute Gasteiger partial charge is 0.664 e. The van der Waals surface area contributed by atoms with E-state index in [2.05, 4.69) is 10.2 Å². The quantitative estimate of drug-likeness (QED) is 0.308. The molecule has 33 heavy (non-hydrogen) atoms. The molecule has 1 amide bonds. The molecular formula is C21H33N2O9Y-. The second kappa shape index (κ2) is 17.2. The van der Waals surface area contributed by atoms with Crippen LogP contribution >= 0.6 is 0 Å². The monoisotopic (exact) mass is 546 g/mol. The number of allylic oxidation sites excluding steroid dienone is 3. The van der Waals surface area contributed by atoms with Gasteiger partial charge in [0.05, 0.1) is 13.2 Å². The Bertz CT molecular complexity index is 699. The van der Waals surface area contributed by atoms with Crippen LogP contribution in [0.5, 0.6) is 0 Å². The van der Waals surface area contributed by atoms with E-state index in [-0.39, 0.29) is 58.1 Å². The number of rotatable bonds is 8. The second-order valence-corrected chi connectivity index (χ2v) is 7.34. The number of aliphatic hydroxyl groups excluding tert-OH is 1. The summed E-state index contributed by atoms with van der Waals surface area (Å²) in [6, 6.07) is 0. The molecule has 1 radical (unpaired) electrons. The van der Waals surface area contributed by atoms with Crippen LogP contribution in [-0.2, 0) is 56.6 Å². The van der Waals surface area contributed by atoms with Crippen LogP contribution in [-0.4, -0.2) is 91.8 Å². The number of likely N-dealkylation sites (N-methyl/N-ethyl adjacent to an activating group) is 2. The van der Waals surface area contributed by atoms with Gasteiger partial charge >= 0.3 is 12.1 Å². The summed E-state index contributed by atoms with van der Waals surface area (Å²) in [6.07, 6.45) is 4.35. The maximum absolute atomic E-state index is 12.0. The molecule has 1 aliphatic carbocycles. The number of aliphatic carboxylic acids is 1. The van der Waals surface area contributed by atoms with E-state index in [1.165, 1.54) is 12.0 Å². The van der Waals surface area contributed by atoms with E-state index in [4.69, 9.17) is 24.6 Å². The fraction of sp³-hybridized carbons (Fsp3) is 0.619. The van der Waals surface area contributed by atoms with Crippen LogP contribution in [0, 0.1) is 5.92 Å². The first-order valence-electron chi connectivity index (χ1n) is 10.1. The predicted octanol–water partition coefficient (Wildman–Crippen LogP) is 2.15. The molecule has 4 atom stereocenters. The van der Waals surface area contributed by atoms with Gasteiger partial charge in [-0.3, -0.25) is 5.26 Å². The van der Waals surface area contributed by atoms with Crippen molar-refractivity contribution in [3.05, 3.63) is 41.0 Å². The Morgan fingerprint density at radius 1 is 1.27 bits per heavy atom. The van der Waals surface area contributed by atoms with E-state index >= 15 is 0 Å². The minimum absolute atomic E-state index is 0. The van der Waals surface area contributed by atoms with Gasteiger partial charge in [-0.1, -0.05) is 19.1 Å². The van der Waals surface area contributed by atoms with Crippen molar-refractivity contribution in [3.8, 4) is 0 Å². The van der Waals surface area contributed by atoms with Crippen LogP contribution in [0.25, 0.3) is 5.32 Å².